The fourth-order valence-corrected chi connectivity index (χ4v) is 3.20. The van der Waals surface area contributed by atoms with Gasteiger partial charge in [-0.05, 0) is 24.8 Å². The lowest BCUT2D eigenvalue weighted by Crippen LogP contribution is -2.41. The van der Waals surface area contributed by atoms with E-state index in [9.17, 15) is 4.79 Å². The van der Waals surface area contributed by atoms with E-state index in [4.69, 9.17) is 15.2 Å². The van der Waals surface area contributed by atoms with Crippen LogP contribution in [0, 0.1) is 5.92 Å². The van der Waals surface area contributed by atoms with Gasteiger partial charge in [0, 0.05) is 32.2 Å². The summed E-state index contributed by atoms with van der Waals surface area (Å²) >= 11 is 0. The molecule has 0 radical (unpaired) electrons. The van der Waals surface area contributed by atoms with Crippen molar-refractivity contribution in [3.05, 3.63) is 35.9 Å². The lowest BCUT2D eigenvalue weighted by Gasteiger charge is -2.31. The number of hydrogen-bond donors (Lipinski definition) is 1. The highest BCUT2D eigenvalue weighted by atomic mass is 16.5. The second-order valence-electron chi connectivity index (χ2n) is 6.47. The van der Waals surface area contributed by atoms with Crippen molar-refractivity contribution >= 4 is 5.91 Å². The molecule has 2 atom stereocenters. The molecule has 1 aliphatic carbocycles. The minimum atomic E-state index is 0.0523. The molecular formula is C19H30N2O3. The molecule has 1 aromatic rings. The fourth-order valence-electron chi connectivity index (χ4n) is 3.20. The van der Waals surface area contributed by atoms with Crippen LogP contribution in [0.2, 0.25) is 0 Å². The van der Waals surface area contributed by atoms with E-state index in [2.05, 4.69) is 12.1 Å². The molecule has 2 N–H and O–H groups in total. The van der Waals surface area contributed by atoms with Gasteiger partial charge in [-0.3, -0.25) is 4.79 Å². The van der Waals surface area contributed by atoms with Crippen LogP contribution in [0.4, 0.5) is 0 Å². The van der Waals surface area contributed by atoms with Crippen LogP contribution >= 0.6 is 0 Å². The molecule has 1 aliphatic rings. The number of nitrogens with zero attached hydrogens (tertiary/aromatic N) is 1. The van der Waals surface area contributed by atoms with Crippen molar-refractivity contribution in [1.29, 1.82) is 0 Å². The van der Waals surface area contributed by atoms with Gasteiger partial charge in [-0.1, -0.05) is 36.8 Å². The van der Waals surface area contributed by atoms with Crippen LogP contribution in [0.3, 0.4) is 0 Å². The Hall–Kier alpha value is -1.43. The zero-order chi connectivity index (χ0) is 17.2. The number of amides is 1. The highest BCUT2D eigenvalue weighted by Crippen LogP contribution is 2.25. The Labute approximate surface area is 145 Å². The molecule has 2 unspecified atom stereocenters. The number of methoxy groups -OCH3 is 1. The predicted octanol–water partition coefficient (Wildman–Crippen LogP) is 2.20. The molecule has 0 aliphatic heterocycles. The maximum Gasteiger partial charge on any atom is 0.226 e. The van der Waals surface area contributed by atoms with E-state index in [1.807, 2.05) is 23.1 Å². The summed E-state index contributed by atoms with van der Waals surface area (Å²) in [4.78, 5) is 14.9. The molecule has 0 bridgehead atoms. The Balaban J connectivity index is 1.94. The normalized spacial score (nSPS) is 20.8. The third-order valence-electron chi connectivity index (χ3n) is 4.53. The molecule has 0 spiro atoms. The first kappa shape index (κ1) is 18.9. The maximum absolute atomic E-state index is 13.0. The van der Waals surface area contributed by atoms with Gasteiger partial charge in [0.25, 0.3) is 0 Å². The predicted molar refractivity (Wildman–Crippen MR) is 94.5 cm³/mol. The quantitative estimate of drug-likeness (QED) is 0.703. The van der Waals surface area contributed by atoms with Gasteiger partial charge in [-0.2, -0.15) is 0 Å². The summed E-state index contributed by atoms with van der Waals surface area (Å²) in [5, 5.41) is 0. The van der Waals surface area contributed by atoms with Crippen molar-refractivity contribution in [3.8, 4) is 0 Å². The van der Waals surface area contributed by atoms with E-state index in [0.717, 1.165) is 31.2 Å². The average Bonchev–Trinajstić information content (AvgIpc) is 2.61. The molecule has 134 valence electrons. The number of ether oxygens (including phenoxy) is 2. The highest BCUT2D eigenvalue weighted by Gasteiger charge is 2.28. The van der Waals surface area contributed by atoms with Gasteiger partial charge in [0.1, 0.15) is 0 Å². The van der Waals surface area contributed by atoms with Crippen LogP contribution in [0.1, 0.15) is 31.2 Å². The number of rotatable bonds is 9. The lowest BCUT2D eigenvalue weighted by molar-refractivity contribution is -0.138. The van der Waals surface area contributed by atoms with Crippen molar-refractivity contribution < 1.29 is 14.3 Å². The van der Waals surface area contributed by atoms with Crippen molar-refractivity contribution in [2.24, 2.45) is 11.7 Å². The summed E-state index contributed by atoms with van der Waals surface area (Å²) in [6, 6.07) is 10.3. The summed E-state index contributed by atoms with van der Waals surface area (Å²) in [6.45, 7) is 2.88. The molecule has 0 aromatic heterocycles. The second kappa shape index (κ2) is 10.4. The molecule has 1 fully saturated rings. The molecule has 0 saturated heterocycles. The number of carbonyl (C=O) groups is 1. The number of hydrogen-bond acceptors (Lipinski definition) is 4. The highest BCUT2D eigenvalue weighted by molar-refractivity contribution is 5.79. The standard InChI is InChI=1S/C19H30N2O3/c1-23-12-13-24-11-10-21(15-16-6-3-2-4-7-16)19(22)17-8-5-9-18(20)14-17/h2-4,6-7,17-18H,5,8-15,20H2,1H3. The van der Waals surface area contributed by atoms with Crippen molar-refractivity contribution in [1.82, 2.24) is 4.90 Å². The Kier molecular flexibility index (Phi) is 8.22. The maximum atomic E-state index is 13.0. The van der Waals surface area contributed by atoms with E-state index >= 15 is 0 Å². The van der Waals surface area contributed by atoms with Gasteiger partial charge in [0.2, 0.25) is 5.91 Å². The summed E-state index contributed by atoms with van der Waals surface area (Å²) < 4.78 is 10.5. The third kappa shape index (κ3) is 6.23. The monoisotopic (exact) mass is 334 g/mol. The molecule has 1 saturated carbocycles. The van der Waals surface area contributed by atoms with Crippen LogP contribution in [0.15, 0.2) is 30.3 Å². The molecule has 5 heteroatoms. The van der Waals surface area contributed by atoms with E-state index in [-0.39, 0.29) is 17.9 Å². The molecule has 1 amide bonds. The second-order valence-corrected chi connectivity index (χ2v) is 6.47. The Morgan fingerprint density at radius 1 is 1.21 bits per heavy atom. The average molecular weight is 334 g/mol. The van der Waals surface area contributed by atoms with Gasteiger partial charge in [0.05, 0.1) is 19.8 Å². The smallest absolute Gasteiger partial charge is 0.226 e. The van der Waals surface area contributed by atoms with E-state index < -0.39 is 0 Å². The van der Waals surface area contributed by atoms with Gasteiger partial charge in [-0.25, -0.2) is 0 Å². The van der Waals surface area contributed by atoms with Crippen molar-refractivity contribution in [2.45, 2.75) is 38.3 Å². The zero-order valence-electron chi connectivity index (χ0n) is 14.7. The fraction of sp³-hybridized carbons (Fsp3) is 0.632. The summed E-state index contributed by atoms with van der Waals surface area (Å²) in [7, 11) is 1.65. The molecule has 1 aromatic carbocycles. The van der Waals surface area contributed by atoms with Crippen LogP contribution in [0.25, 0.3) is 0 Å². The molecule has 0 heterocycles. The lowest BCUT2D eigenvalue weighted by atomic mass is 9.85. The number of carbonyl (C=O) groups excluding carboxylic acids is 1. The van der Waals surface area contributed by atoms with Crippen LogP contribution in [-0.2, 0) is 20.8 Å². The minimum absolute atomic E-state index is 0.0523. The van der Waals surface area contributed by atoms with Crippen LogP contribution < -0.4 is 5.73 Å². The first-order valence-corrected chi connectivity index (χ1v) is 8.85. The zero-order valence-corrected chi connectivity index (χ0v) is 14.7. The van der Waals surface area contributed by atoms with Gasteiger partial charge >= 0.3 is 0 Å². The Bertz CT molecular complexity index is 481. The SMILES string of the molecule is COCCOCCN(Cc1ccccc1)C(=O)C1CCCC(N)C1. The van der Waals surface area contributed by atoms with Gasteiger partial charge < -0.3 is 20.1 Å². The Morgan fingerprint density at radius 3 is 2.71 bits per heavy atom. The van der Waals surface area contributed by atoms with Crippen molar-refractivity contribution in [3.63, 3.8) is 0 Å². The number of benzene rings is 1. The van der Waals surface area contributed by atoms with E-state index in [1.165, 1.54) is 0 Å². The summed E-state index contributed by atoms with van der Waals surface area (Å²) in [5.74, 6) is 0.265. The molecule has 24 heavy (non-hydrogen) atoms. The minimum Gasteiger partial charge on any atom is -0.382 e. The first-order valence-electron chi connectivity index (χ1n) is 8.85. The van der Waals surface area contributed by atoms with Gasteiger partial charge in [0.15, 0.2) is 0 Å². The topological polar surface area (TPSA) is 64.8 Å². The van der Waals surface area contributed by atoms with Crippen LogP contribution in [-0.4, -0.2) is 50.3 Å². The summed E-state index contributed by atoms with van der Waals surface area (Å²) in [5.41, 5.74) is 7.20. The van der Waals surface area contributed by atoms with Gasteiger partial charge in [-0.15, -0.1) is 0 Å². The molecule has 2 rings (SSSR count). The van der Waals surface area contributed by atoms with E-state index in [1.54, 1.807) is 7.11 Å². The molecular weight excluding hydrogens is 304 g/mol. The Morgan fingerprint density at radius 2 is 2.00 bits per heavy atom. The largest absolute Gasteiger partial charge is 0.382 e. The third-order valence-corrected chi connectivity index (χ3v) is 4.53. The first-order chi connectivity index (χ1) is 11.7. The summed E-state index contributed by atoms with van der Waals surface area (Å²) in [6.07, 6.45) is 3.82. The molecule has 5 nitrogen and oxygen atoms in total. The van der Waals surface area contributed by atoms with Crippen molar-refractivity contribution in [2.75, 3.05) is 33.5 Å². The number of nitrogens with two attached hydrogens (primary N) is 1. The van der Waals surface area contributed by atoms with Crippen LogP contribution in [0.5, 0.6) is 0 Å². The van der Waals surface area contributed by atoms with E-state index in [0.29, 0.717) is 32.9 Å².